The number of benzene rings is 2. The van der Waals surface area contributed by atoms with E-state index in [0.717, 1.165) is 22.3 Å². The molecule has 0 fully saturated rings. The zero-order valence-corrected chi connectivity index (χ0v) is 18.3. The summed E-state index contributed by atoms with van der Waals surface area (Å²) < 4.78 is 36.0. The van der Waals surface area contributed by atoms with Crippen molar-refractivity contribution in [3.63, 3.8) is 0 Å². The van der Waals surface area contributed by atoms with E-state index in [1.165, 1.54) is 19.2 Å². The van der Waals surface area contributed by atoms with Gasteiger partial charge in [-0.3, -0.25) is 9.36 Å². The maximum Gasteiger partial charge on any atom is 0.308 e. The van der Waals surface area contributed by atoms with Gasteiger partial charge in [-0.1, -0.05) is 18.2 Å². The molecule has 164 valence electrons. The third-order valence-corrected chi connectivity index (χ3v) is 6.64. The van der Waals surface area contributed by atoms with Gasteiger partial charge in [-0.15, -0.1) is 0 Å². The first-order chi connectivity index (χ1) is 14.1. The Morgan fingerprint density at radius 1 is 1.20 bits per heavy atom. The number of methoxy groups -OCH3 is 1. The second-order valence-corrected chi connectivity index (χ2v) is 9.92. The van der Waals surface area contributed by atoms with Crippen molar-refractivity contribution < 1.29 is 33.2 Å². The van der Waals surface area contributed by atoms with Crippen LogP contribution in [0.1, 0.15) is 28.7 Å². The molecule has 0 aromatic heterocycles. The van der Waals surface area contributed by atoms with Crippen molar-refractivity contribution in [3.8, 4) is 5.75 Å². The maximum absolute atomic E-state index is 13.1. The van der Waals surface area contributed by atoms with E-state index >= 15 is 0 Å². The van der Waals surface area contributed by atoms with Crippen LogP contribution in [-0.2, 0) is 27.1 Å². The van der Waals surface area contributed by atoms with E-state index in [4.69, 9.17) is 4.74 Å². The molecule has 6 nitrogen and oxygen atoms in total. The fourth-order valence-corrected chi connectivity index (χ4v) is 4.74. The highest BCUT2D eigenvalue weighted by Crippen LogP contribution is 2.43. The lowest BCUT2D eigenvalue weighted by Gasteiger charge is -2.18. The summed E-state index contributed by atoms with van der Waals surface area (Å²) in [6.45, 7) is 4.08. The first-order valence-corrected chi connectivity index (χ1v) is 11.7. The number of aliphatic hydroxyl groups is 1. The molecule has 0 aliphatic carbocycles. The molecule has 2 rings (SSSR count). The molecular formula is C22H28FO6P. The highest BCUT2D eigenvalue weighted by Gasteiger charge is 2.25. The van der Waals surface area contributed by atoms with Crippen LogP contribution in [-0.4, -0.2) is 41.5 Å². The molecule has 0 aliphatic rings. The second-order valence-electron chi connectivity index (χ2n) is 7.41. The van der Waals surface area contributed by atoms with Gasteiger partial charge in [-0.05, 0) is 60.7 Å². The minimum atomic E-state index is -3.67. The van der Waals surface area contributed by atoms with Crippen LogP contribution in [0.4, 0.5) is 4.39 Å². The summed E-state index contributed by atoms with van der Waals surface area (Å²) in [5.41, 5.74) is 3.53. The number of hydrogen-bond donors (Lipinski definition) is 2. The molecule has 0 aliphatic heterocycles. The Morgan fingerprint density at radius 2 is 1.87 bits per heavy atom. The summed E-state index contributed by atoms with van der Waals surface area (Å²) in [4.78, 5) is 21.5. The SMILES string of the molecule is COC(=O)C[C@H](O)CP(=O)(O)CCc1c(C)cc(C)cc1OCc1ccc(F)cc1. The zero-order valence-electron chi connectivity index (χ0n) is 17.4. The summed E-state index contributed by atoms with van der Waals surface area (Å²) in [7, 11) is -2.47. The van der Waals surface area contributed by atoms with Crippen molar-refractivity contribution >= 4 is 13.3 Å². The highest BCUT2D eigenvalue weighted by molar-refractivity contribution is 7.58. The Bertz CT molecular complexity index is 913. The van der Waals surface area contributed by atoms with Crippen molar-refractivity contribution in [1.82, 2.24) is 0 Å². The largest absolute Gasteiger partial charge is 0.489 e. The molecule has 0 amide bonds. The van der Waals surface area contributed by atoms with Crippen LogP contribution in [0.2, 0.25) is 0 Å². The number of hydrogen-bond acceptors (Lipinski definition) is 5. The summed E-state index contributed by atoms with van der Waals surface area (Å²) in [5, 5.41) is 9.87. The smallest absolute Gasteiger partial charge is 0.308 e. The van der Waals surface area contributed by atoms with Crippen LogP contribution in [0.25, 0.3) is 0 Å². The van der Waals surface area contributed by atoms with Gasteiger partial charge in [0.1, 0.15) is 18.2 Å². The minimum Gasteiger partial charge on any atom is -0.489 e. The van der Waals surface area contributed by atoms with E-state index in [2.05, 4.69) is 4.74 Å². The third kappa shape index (κ3) is 7.56. The van der Waals surface area contributed by atoms with Crippen LogP contribution in [0.15, 0.2) is 36.4 Å². The number of carbonyl (C=O) groups is 1. The first-order valence-electron chi connectivity index (χ1n) is 9.62. The third-order valence-electron chi connectivity index (χ3n) is 4.72. The van der Waals surface area contributed by atoms with Crippen LogP contribution < -0.4 is 4.74 Å². The molecule has 30 heavy (non-hydrogen) atoms. The summed E-state index contributed by atoms with van der Waals surface area (Å²) in [6.07, 6.45) is -1.71. The van der Waals surface area contributed by atoms with Crippen molar-refractivity contribution in [2.45, 2.75) is 39.4 Å². The Hall–Kier alpha value is -2.21. The number of halogens is 1. The number of carbonyl (C=O) groups excluding carboxylic acids is 1. The Morgan fingerprint density at radius 3 is 2.50 bits per heavy atom. The highest BCUT2D eigenvalue weighted by atomic mass is 31.2. The lowest BCUT2D eigenvalue weighted by Crippen LogP contribution is -2.19. The molecule has 0 bridgehead atoms. The number of esters is 1. The molecule has 0 radical (unpaired) electrons. The molecule has 2 aromatic carbocycles. The second kappa shape index (κ2) is 10.7. The monoisotopic (exact) mass is 438 g/mol. The van der Waals surface area contributed by atoms with E-state index in [9.17, 15) is 23.7 Å². The number of ether oxygens (including phenoxy) is 2. The van der Waals surface area contributed by atoms with Gasteiger partial charge in [0.05, 0.1) is 25.8 Å². The van der Waals surface area contributed by atoms with Gasteiger partial charge in [-0.25, -0.2) is 4.39 Å². The van der Waals surface area contributed by atoms with Crippen molar-refractivity contribution in [2.24, 2.45) is 0 Å². The van der Waals surface area contributed by atoms with Crippen LogP contribution in [0, 0.1) is 19.7 Å². The Balaban J connectivity index is 2.07. The van der Waals surface area contributed by atoms with E-state index < -0.39 is 19.4 Å². The fraction of sp³-hybridized carbons (Fsp3) is 0.409. The molecular weight excluding hydrogens is 410 g/mol. The number of aliphatic hydroxyl groups excluding tert-OH is 1. The van der Waals surface area contributed by atoms with Gasteiger partial charge < -0.3 is 19.5 Å². The standard InChI is InChI=1S/C22H28FO6P/c1-15-10-16(2)20(8-9-30(26,27)14-19(24)12-22(25)28-3)21(11-15)29-13-17-4-6-18(23)7-5-17/h4-7,10-11,19,24H,8-9,12-14H2,1-3H3,(H,26,27)/t19-/m0/s1. The topological polar surface area (TPSA) is 93.1 Å². The van der Waals surface area contributed by atoms with Gasteiger partial charge in [-0.2, -0.15) is 0 Å². The van der Waals surface area contributed by atoms with Gasteiger partial charge >= 0.3 is 5.97 Å². The van der Waals surface area contributed by atoms with E-state index in [1.807, 2.05) is 26.0 Å². The first kappa shape index (κ1) is 24.1. The molecule has 2 aromatic rings. The predicted octanol–water partition coefficient (Wildman–Crippen LogP) is 3.76. The van der Waals surface area contributed by atoms with Gasteiger partial charge in [0.25, 0.3) is 0 Å². The average molecular weight is 438 g/mol. The van der Waals surface area contributed by atoms with E-state index in [-0.39, 0.29) is 37.6 Å². The predicted molar refractivity (Wildman–Crippen MR) is 113 cm³/mol. The van der Waals surface area contributed by atoms with Gasteiger partial charge in [0.15, 0.2) is 0 Å². The van der Waals surface area contributed by atoms with E-state index in [1.54, 1.807) is 12.1 Å². The average Bonchev–Trinajstić information content (AvgIpc) is 2.65. The number of aryl methyl sites for hydroxylation is 2. The zero-order chi connectivity index (χ0) is 22.3. The quantitative estimate of drug-likeness (QED) is 0.434. The summed E-state index contributed by atoms with van der Waals surface area (Å²) in [6, 6.07) is 9.84. The van der Waals surface area contributed by atoms with Crippen molar-refractivity contribution in [3.05, 3.63) is 64.5 Å². The molecule has 0 saturated heterocycles. The molecule has 0 heterocycles. The summed E-state index contributed by atoms with van der Waals surface area (Å²) >= 11 is 0. The fourth-order valence-electron chi connectivity index (χ4n) is 3.20. The lowest BCUT2D eigenvalue weighted by atomic mass is 10.0. The van der Waals surface area contributed by atoms with Crippen LogP contribution in [0.3, 0.4) is 0 Å². The molecule has 2 N–H and O–H groups in total. The van der Waals surface area contributed by atoms with Crippen LogP contribution >= 0.6 is 7.37 Å². The van der Waals surface area contributed by atoms with Gasteiger partial charge in [0, 0.05) is 6.16 Å². The van der Waals surface area contributed by atoms with Gasteiger partial charge in [0.2, 0.25) is 7.37 Å². The molecule has 2 atom stereocenters. The summed E-state index contributed by atoms with van der Waals surface area (Å²) in [5.74, 6) is -0.348. The molecule has 0 spiro atoms. The molecule has 1 unspecified atom stereocenters. The molecule has 0 saturated carbocycles. The van der Waals surface area contributed by atoms with Crippen molar-refractivity contribution in [2.75, 3.05) is 19.4 Å². The molecule has 8 heteroatoms. The maximum atomic E-state index is 13.1. The Kier molecular flexibility index (Phi) is 8.59. The lowest BCUT2D eigenvalue weighted by molar-refractivity contribution is -0.142. The number of rotatable bonds is 10. The Labute approximate surface area is 176 Å². The van der Waals surface area contributed by atoms with Crippen molar-refractivity contribution in [1.29, 1.82) is 0 Å². The van der Waals surface area contributed by atoms with Crippen LogP contribution in [0.5, 0.6) is 5.75 Å². The normalized spacial score (nSPS) is 14.1. The minimum absolute atomic E-state index is 0.0535. The van der Waals surface area contributed by atoms with E-state index in [0.29, 0.717) is 5.75 Å².